The van der Waals surface area contributed by atoms with E-state index in [2.05, 4.69) is 19.9 Å². The number of para-hydroxylation sites is 1. The van der Waals surface area contributed by atoms with Gasteiger partial charge in [0.05, 0.1) is 23.8 Å². The van der Waals surface area contributed by atoms with Crippen LogP contribution in [0.15, 0.2) is 29.2 Å². The van der Waals surface area contributed by atoms with Gasteiger partial charge in [-0.25, -0.2) is 13.4 Å². The minimum Gasteiger partial charge on any atom is -0.481 e. The monoisotopic (exact) mass is 463 g/mol. The van der Waals surface area contributed by atoms with Gasteiger partial charge in [-0.15, -0.1) is 0 Å². The second kappa shape index (κ2) is 8.27. The van der Waals surface area contributed by atoms with Crippen molar-refractivity contribution in [2.75, 3.05) is 51.6 Å². The number of ether oxygens (including phenoxy) is 2. The molecule has 1 saturated heterocycles. The molecular formula is C19H21N5O5S2. The number of anilines is 1. The molecule has 3 heterocycles. The van der Waals surface area contributed by atoms with E-state index in [4.69, 9.17) is 9.47 Å². The van der Waals surface area contributed by atoms with Gasteiger partial charge in [0.1, 0.15) is 11.2 Å². The molecule has 2 aromatic heterocycles. The summed E-state index contributed by atoms with van der Waals surface area (Å²) in [5, 5.41) is 0.739. The van der Waals surface area contributed by atoms with E-state index < -0.39 is 9.84 Å². The zero-order valence-corrected chi connectivity index (χ0v) is 18.9. The van der Waals surface area contributed by atoms with Crippen molar-refractivity contribution in [3.05, 3.63) is 30.0 Å². The number of rotatable bonds is 5. The SMILES string of the molecule is COc1cc(C(=O)N2CCN(c3nc4c(S(C)(=O)=O)cccc4s3)CC2)nc(OC)n1. The summed E-state index contributed by atoms with van der Waals surface area (Å²) >= 11 is 1.44. The molecule has 31 heavy (non-hydrogen) atoms. The van der Waals surface area contributed by atoms with Gasteiger partial charge in [0.2, 0.25) is 5.88 Å². The molecule has 0 unspecified atom stereocenters. The third-order valence-corrected chi connectivity index (χ3v) is 7.11. The molecule has 0 bridgehead atoms. The van der Waals surface area contributed by atoms with Gasteiger partial charge >= 0.3 is 6.01 Å². The summed E-state index contributed by atoms with van der Waals surface area (Å²) in [6.45, 7) is 2.09. The Labute approximate surface area is 183 Å². The van der Waals surface area contributed by atoms with Gasteiger partial charge in [0, 0.05) is 38.5 Å². The predicted octanol–water partition coefficient (Wildman–Crippen LogP) is 1.47. The summed E-state index contributed by atoms with van der Waals surface area (Å²) < 4.78 is 35.1. The van der Waals surface area contributed by atoms with Gasteiger partial charge in [-0.2, -0.15) is 9.97 Å². The first-order valence-electron chi connectivity index (χ1n) is 9.41. The summed E-state index contributed by atoms with van der Waals surface area (Å²) in [5.41, 5.74) is 0.693. The van der Waals surface area contributed by atoms with Crippen molar-refractivity contribution in [3.63, 3.8) is 0 Å². The number of nitrogens with zero attached hydrogens (tertiary/aromatic N) is 5. The lowest BCUT2D eigenvalue weighted by Gasteiger charge is -2.34. The van der Waals surface area contributed by atoms with Crippen LogP contribution in [-0.2, 0) is 9.84 Å². The number of piperazine rings is 1. The molecule has 4 rings (SSSR count). The van der Waals surface area contributed by atoms with E-state index in [-0.39, 0.29) is 28.4 Å². The van der Waals surface area contributed by atoms with Crippen LogP contribution < -0.4 is 14.4 Å². The van der Waals surface area contributed by atoms with Crippen LogP contribution in [0.5, 0.6) is 11.9 Å². The van der Waals surface area contributed by atoms with Crippen molar-refractivity contribution in [1.82, 2.24) is 19.9 Å². The van der Waals surface area contributed by atoms with Crippen LogP contribution in [0, 0.1) is 0 Å². The molecule has 1 fully saturated rings. The highest BCUT2D eigenvalue weighted by Gasteiger charge is 2.26. The Balaban J connectivity index is 1.51. The number of sulfone groups is 1. The largest absolute Gasteiger partial charge is 0.481 e. The van der Waals surface area contributed by atoms with Crippen molar-refractivity contribution in [3.8, 4) is 11.9 Å². The third kappa shape index (κ3) is 4.26. The summed E-state index contributed by atoms with van der Waals surface area (Å²) in [6.07, 6.45) is 1.18. The molecule has 0 spiro atoms. The number of hydrogen-bond donors (Lipinski definition) is 0. The second-order valence-corrected chi connectivity index (χ2v) is 9.93. The average molecular weight is 464 g/mol. The smallest absolute Gasteiger partial charge is 0.320 e. The number of thiazole rings is 1. The number of carbonyl (C=O) groups is 1. The zero-order chi connectivity index (χ0) is 22.2. The topological polar surface area (TPSA) is 115 Å². The molecule has 1 amide bonds. The van der Waals surface area contributed by atoms with Crippen LogP contribution in [0.4, 0.5) is 5.13 Å². The van der Waals surface area contributed by atoms with E-state index >= 15 is 0 Å². The Kier molecular flexibility index (Phi) is 5.67. The lowest BCUT2D eigenvalue weighted by molar-refractivity contribution is 0.0739. The Morgan fingerprint density at radius 3 is 2.45 bits per heavy atom. The molecule has 1 aliphatic heterocycles. The highest BCUT2D eigenvalue weighted by Crippen LogP contribution is 2.33. The lowest BCUT2D eigenvalue weighted by Crippen LogP contribution is -2.49. The van der Waals surface area contributed by atoms with Crippen LogP contribution in [0.2, 0.25) is 0 Å². The van der Waals surface area contributed by atoms with Gasteiger partial charge in [-0.05, 0) is 12.1 Å². The number of aromatic nitrogens is 3. The van der Waals surface area contributed by atoms with Crippen molar-refractivity contribution >= 4 is 42.4 Å². The van der Waals surface area contributed by atoms with Crippen molar-refractivity contribution in [2.45, 2.75) is 4.90 Å². The van der Waals surface area contributed by atoms with E-state index in [1.807, 2.05) is 6.07 Å². The van der Waals surface area contributed by atoms with Crippen molar-refractivity contribution in [2.24, 2.45) is 0 Å². The molecule has 0 atom stereocenters. The summed E-state index contributed by atoms with van der Waals surface area (Å²) in [7, 11) is -0.483. The van der Waals surface area contributed by atoms with Gasteiger partial charge in [0.25, 0.3) is 5.91 Å². The minimum atomic E-state index is -3.37. The van der Waals surface area contributed by atoms with Gasteiger partial charge in [0.15, 0.2) is 15.0 Å². The van der Waals surface area contributed by atoms with E-state index in [0.29, 0.717) is 31.7 Å². The van der Waals surface area contributed by atoms with E-state index in [0.717, 1.165) is 9.83 Å². The molecule has 0 N–H and O–H groups in total. The van der Waals surface area contributed by atoms with Gasteiger partial charge < -0.3 is 19.3 Å². The van der Waals surface area contributed by atoms with Crippen LogP contribution in [0.25, 0.3) is 10.2 Å². The first-order chi connectivity index (χ1) is 14.8. The van der Waals surface area contributed by atoms with E-state index in [1.54, 1.807) is 17.0 Å². The molecule has 10 nitrogen and oxygen atoms in total. The van der Waals surface area contributed by atoms with E-state index in [9.17, 15) is 13.2 Å². The van der Waals surface area contributed by atoms with E-state index in [1.165, 1.54) is 37.9 Å². The molecule has 0 saturated carbocycles. The van der Waals surface area contributed by atoms with Crippen molar-refractivity contribution in [1.29, 1.82) is 0 Å². The average Bonchev–Trinajstić information content (AvgIpc) is 3.22. The van der Waals surface area contributed by atoms with Gasteiger partial charge in [-0.3, -0.25) is 4.79 Å². The molecule has 164 valence electrons. The number of fused-ring (bicyclic) bond motifs is 1. The molecule has 1 aliphatic rings. The number of carbonyl (C=O) groups excluding carboxylic acids is 1. The Bertz CT molecular complexity index is 1210. The Morgan fingerprint density at radius 1 is 1.06 bits per heavy atom. The first kappa shape index (κ1) is 21.2. The highest BCUT2D eigenvalue weighted by atomic mass is 32.2. The normalized spacial score (nSPS) is 14.7. The zero-order valence-electron chi connectivity index (χ0n) is 17.2. The van der Waals surface area contributed by atoms with Crippen LogP contribution in [-0.4, -0.2) is 80.8 Å². The number of benzene rings is 1. The number of amides is 1. The summed E-state index contributed by atoms with van der Waals surface area (Å²) in [6, 6.07) is 6.71. The fourth-order valence-electron chi connectivity index (χ4n) is 3.32. The van der Waals surface area contributed by atoms with Crippen LogP contribution in [0.3, 0.4) is 0 Å². The maximum absolute atomic E-state index is 12.9. The molecular weight excluding hydrogens is 442 g/mol. The Hall–Kier alpha value is -2.99. The fourth-order valence-corrected chi connectivity index (χ4v) is 5.26. The molecule has 0 radical (unpaired) electrons. The molecule has 12 heteroatoms. The first-order valence-corrected chi connectivity index (χ1v) is 12.1. The Morgan fingerprint density at radius 2 is 1.81 bits per heavy atom. The highest BCUT2D eigenvalue weighted by molar-refractivity contribution is 7.91. The molecule has 1 aromatic carbocycles. The fraction of sp³-hybridized carbons (Fsp3) is 0.368. The van der Waals surface area contributed by atoms with Crippen LogP contribution in [0.1, 0.15) is 10.5 Å². The number of methoxy groups -OCH3 is 2. The lowest BCUT2D eigenvalue weighted by atomic mass is 10.2. The number of hydrogen-bond acceptors (Lipinski definition) is 10. The quantitative estimate of drug-likeness (QED) is 0.555. The standard InChI is InChI=1S/C19H21N5O5S2/c1-28-15-11-12(20-18(21-15)29-2)17(25)23-7-9-24(10-8-23)19-22-16-13(30-19)5-4-6-14(16)31(3,26)27/h4-6,11H,7-10H2,1-3H3. The van der Waals surface area contributed by atoms with Crippen LogP contribution >= 0.6 is 11.3 Å². The maximum Gasteiger partial charge on any atom is 0.320 e. The van der Waals surface area contributed by atoms with Gasteiger partial charge in [-0.1, -0.05) is 17.4 Å². The summed E-state index contributed by atoms with van der Waals surface area (Å²) in [5.74, 6) is 0.0207. The molecule has 0 aliphatic carbocycles. The maximum atomic E-state index is 12.9. The second-order valence-electron chi connectivity index (χ2n) is 6.93. The third-order valence-electron chi connectivity index (χ3n) is 4.90. The summed E-state index contributed by atoms with van der Waals surface area (Å²) in [4.78, 5) is 29.6. The van der Waals surface area contributed by atoms with Crippen molar-refractivity contribution < 1.29 is 22.7 Å². The minimum absolute atomic E-state index is 0.0671. The molecule has 3 aromatic rings. The predicted molar refractivity (Wildman–Crippen MR) is 116 cm³/mol.